The third kappa shape index (κ3) is 2.43. The summed E-state index contributed by atoms with van der Waals surface area (Å²) in [6, 6.07) is 18.0. The van der Waals surface area contributed by atoms with Gasteiger partial charge in [-0.2, -0.15) is 0 Å². The standard InChI is InChI=1S/C17H15NO/c1-12-7-8-16-14(9-12)11-17(19-16)15(18)10-13-5-3-2-4-6-13/h2-9,11,18H,10H2,1H3. The summed E-state index contributed by atoms with van der Waals surface area (Å²) in [6.07, 6.45) is 0.597. The molecule has 0 aliphatic rings. The van der Waals surface area contributed by atoms with Gasteiger partial charge in [-0.3, -0.25) is 0 Å². The van der Waals surface area contributed by atoms with Crippen molar-refractivity contribution in [2.45, 2.75) is 13.3 Å². The first-order valence-corrected chi connectivity index (χ1v) is 6.34. The minimum Gasteiger partial charge on any atom is -0.455 e. The Kier molecular flexibility index (Phi) is 2.92. The van der Waals surface area contributed by atoms with Crippen molar-refractivity contribution in [2.75, 3.05) is 0 Å². The van der Waals surface area contributed by atoms with Crippen LogP contribution in [0.25, 0.3) is 11.0 Å². The third-order valence-corrected chi connectivity index (χ3v) is 3.19. The van der Waals surface area contributed by atoms with Gasteiger partial charge >= 0.3 is 0 Å². The van der Waals surface area contributed by atoms with Gasteiger partial charge in [-0.25, -0.2) is 0 Å². The molecular formula is C17H15NO. The van der Waals surface area contributed by atoms with Crippen molar-refractivity contribution in [1.29, 1.82) is 5.41 Å². The summed E-state index contributed by atoms with van der Waals surface area (Å²) < 4.78 is 5.73. The highest BCUT2D eigenvalue weighted by molar-refractivity contribution is 6.00. The lowest BCUT2D eigenvalue weighted by Gasteiger charge is -2.00. The highest BCUT2D eigenvalue weighted by atomic mass is 16.3. The van der Waals surface area contributed by atoms with Crippen LogP contribution in [0.3, 0.4) is 0 Å². The number of hydrogen-bond donors (Lipinski definition) is 1. The SMILES string of the molecule is Cc1ccc2oc(C(=N)Cc3ccccc3)cc2c1. The zero-order valence-corrected chi connectivity index (χ0v) is 10.8. The molecule has 0 saturated heterocycles. The van der Waals surface area contributed by atoms with E-state index in [0.717, 1.165) is 16.5 Å². The van der Waals surface area contributed by atoms with Crippen LogP contribution in [0.1, 0.15) is 16.9 Å². The summed E-state index contributed by atoms with van der Waals surface area (Å²) in [5.74, 6) is 0.657. The van der Waals surface area contributed by atoms with Crippen LogP contribution in [0.4, 0.5) is 0 Å². The number of rotatable bonds is 3. The number of fused-ring (bicyclic) bond motifs is 1. The van der Waals surface area contributed by atoms with E-state index in [2.05, 4.69) is 13.0 Å². The second kappa shape index (κ2) is 4.73. The fraction of sp³-hybridized carbons (Fsp3) is 0.118. The molecule has 19 heavy (non-hydrogen) atoms. The molecule has 1 N–H and O–H groups in total. The fourth-order valence-corrected chi connectivity index (χ4v) is 2.20. The number of aryl methyl sites for hydroxylation is 1. The summed E-state index contributed by atoms with van der Waals surface area (Å²) >= 11 is 0. The molecule has 0 saturated carbocycles. The predicted octanol–water partition coefficient (Wildman–Crippen LogP) is 4.35. The minimum atomic E-state index is 0.514. The van der Waals surface area contributed by atoms with Crippen molar-refractivity contribution in [3.8, 4) is 0 Å². The highest BCUT2D eigenvalue weighted by Crippen LogP contribution is 2.21. The van der Waals surface area contributed by atoms with Gasteiger partial charge in [-0.1, -0.05) is 42.0 Å². The van der Waals surface area contributed by atoms with Gasteiger partial charge in [0.1, 0.15) is 11.3 Å². The first-order chi connectivity index (χ1) is 9.22. The Morgan fingerprint density at radius 1 is 1.05 bits per heavy atom. The van der Waals surface area contributed by atoms with E-state index in [0.29, 0.717) is 17.9 Å². The van der Waals surface area contributed by atoms with Crippen molar-refractivity contribution >= 4 is 16.7 Å². The maximum atomic E-state index is 8.16. The van der Waals surface area contributed by atoms with Crippen LogP contribution >= 0.6 is 0 Å². The summed E-state index contributed by atoms with van der Waals surface area (Å²) in [5.41, 5.74) is 3.69. The van der Waals surface area contributed by atoms with Gasteiger partial charge in [0.15, 0.2) is 0 Å². The Morgan fingerprint density at radius 3 is 2.63 bits per heavy atom. The largest absolute Gasteiger partial charge is 0.455 e. The van der Waals surface area contributed by atoms with Gasteiger partial charge in [-0.15, -0.1) is 0 Å². The Labute approximate surface area is 112 Å². The molecule has 0 bridgehead atoms. The van der Waals surface area contributed by atoms with E-state index in [4.69, 9.17) is 9.83 Å². The maximum absolute atomic E-state index is 8.16. The predicted molar refractivity (Wildman–Crippen MR) is 77.9 cm³/mol. The van der Waals surface area contributed by atoms with E-state index in [-0.39, 0.29) is 0 Å². The van der Waals surface area contributed by atoms with Crippen LogP contribution in [-0.4, -0.2) is 5.71 Å². The third-order valence-electron chi connectivity index (χ3n) is 3.19. The summed E-state index contributed by atoms with van der Waals surface area (Å²) in [7, 11) is 0. The van der Waals surface area contributed by atoms with Crippen LogP contribution in [-0.2, 0) is 6.42 Å². The molecule has 1 aromatic heterocycles. The monoisotopic (exact) mass is 249 g/mol. The Bertz CT molecular complexity index is 725. The van der Waals surface area contributed by atoms with E-state index >= 15 is 0 Å². The summed E-state index contributed by atoms with van der Waals surface area (Å²) in [5, 5.41) is 9.22. The molecular weight excluding hydrogens is 234 g/mol. The smallest absolute Gasteiger partial charge is 0.149 e. The van der Waals surface area contributed by atoms with Gasteiger partial charge in [0.25, 0.3) is 0 Å². The number of benzene rings is 2. The molecule has 0 radical (unpaired) electrons. The first kappa shape index (κ1) is 11.7. The highest BCUT2D eigenvalue weighted by Gasteiger charge is 2.09. The zero-order valence-electron chi connectivity index (χ0n) is 10.8. The Morgan fingerprint density at radius 2 is 1.84 bits per heavy atom. The van der Waals surface area contributed by atoms with E-state index in [1.165, 1.54) is 5.56 Å². The second-order valence-corrected chi connectivity index (χ2v) is 4.79. The number of hydrogen-bond acceptors (Lipinski definition) is 2. The minimum absolute atomic E-state index is 0.514. The van der Waals surface area contributed by atoms with Crippen molar-refractivity contribution in [3.05, 3.63) is 71.5 Å². The fourth-order valence-electron chi connectivity index (χ4n) is 2.20. The summed E-state index contributed by atoms with van der Waals surface area (Å²) in [6.45, 7) is 2.06. The molecule has 94 valence electrons. The lowest BCUT2D eigenvalue weighted by molar-refractivity contribution is 0.602. The molecule has 1 heterocycles. The van der Waals surface area contributed by atoms with Crippen LogP contribution in [0.5, 0.6) is 0 Å². The topological polar surface area (TPSA) is 37.0 Å². The molecule has 0 unspecified atom stereocenters. The van der Waals surface area contributed by atoms with Crippen molar-refractivity contribution in [1.82, 2.24) is 0 Å². The van der Waals surface area contributed by atoms with Gasteiger partial charge < -0.3 is 9.83 Å². The normalized spacial score (nSPS) is 10.8. The maximum Gasteiger partial charge on any atom is 0.149 e. The lowest BCUT2D eigenvalue weighted by atomic mass is 10.1. The van der Waals surface area contributed by atoms with Gasteiger partial charge in [-0.05, 0) is 30.7 Å². The molecule has 0 aliphatic heterocycles. The van der Waals surface area contributed by atoms with E-state index in [1.54, 1.807) is 0 Å². The van der Waals surface area contributed by atoms with Gasteiger partial charge in [0, 0.05) is 11.8 Å². The van der Waals surface area contributed by atoms with Crippen LogP contribution < -0.4 is 0 Å². The molecule has 2 heteroatoms. The van der Waals surface area contributed by atoms with Crippen molar-refractivity contribution < 1.29 is 4.42 Å². The zero-order chi connectivity index (χ0) is 13.2. The first-order valence-electron chi connectivity index (χ1n) is 6.34. The van der Waals surface area contributed by atoms with E-state index in [1.807, 2.05) is 48.5 Å². The van der Waals surface area contributed by atoms with E-state index < -0.39 is 0 Å². The second-order valence-electron chi connectivity index (χ2n) is 4.79. The van der Waals surface area contributed by atoms with E-state index in [9.17, 15) is 0 Å². The molecule has 3 rings (SSSR count). The molecule has 3 aromatic rings. The molecule has 0 spiro atoms. The summed E-state index contributed by atoms with van der Waals surface area (Å²) in [4.78, 5) is 0. The number of furan rings is 1. The molecule has 2 nitrogen and oxygen atoms in total. The lowest BCUT2D eigenvalue weighted by Crippen LogP contribution is -2.01. The van der Waals surface area contributed by atoms with Gasteiger partial charge in [0.05, 0.1) is 5.71 Å². The molecule has 0 amide bonds. The Balaban J connectivity index is 1.89. The quantitative estimate of drug-likeness (QED) is 0.688. The van der Waals surface area contributed by atoms with Crippen LogP contribution in [0.15, 0.2) is 59.0 Å². The molecule has 0 aliphatic carbocycles. The molecule has 0 atom stereocenters. The van der Waals surface area contributed by atoms with Crippen molar-refractivity contribution in [3.63, 3.8) is 0 Å². The molecule has 2 aromatic carbocycles. The van der Waals surface area contributed by atoms with Crippen LogP contribution in [0.2, 0.25) is 0 Å². The molecule has 0 fully saturated rings. The van der Waals surface area contributed by atoms with Gasteiger partial charge in [0.2, 0.25) is 0 Å². The average Bonchev–Trinajstić information content (AvgIpc) is 2.83. The van der Waals surface area contributed by atoms with Crippen LogP contribution in [0, 0.1) is 12.3 Å². The number of nitrogens with one attached hydrogen (secondary N) is 1. The Hall–Kier alpha value is -2.35. The van der Waals surface area contributed by atoms with Crippen molar-refractivity contribution in [2.24, 2.45) is 0 Å². The average molecular weight is 249 g/mol.